The summed E-state index contributed by atoms with van der Waals surface area (Å²) in [6.45, 7) is 0.667. The summed E-state index contributed by atoms with van der Waals surface area (Å²) in [7, 11) is 0. The highest BCUT2D eigenvalue weighted by molar-refractivity contribution is 9.10. The predicted octanol–water partition coefficient (Wildman–Crippen LogP) is 4.86. The van der Waals surface area contributed by atoms with Gasteiger partial charge >= 0.3 is 0 Å². The van der Waals surface area contributed by atoms with Gasteiger partial charge in [-0.3, -0.25) is 0 Å². The number of rotatable bonds is 4. The van der Waals surface area contributed by atoms with E-state index < -0.39 is 0 Å². The Morgan fingerprint density at radius 3 is 2.50 bits per heavy atom. The fourth-order valence-corrected chi connectivity index (χ4v) is 3.56. The van der Waals surface area contributed by atoms with Crippen LogP contribution < -0.4 is 5.73 Å². The van der Waals surface area contributed by atoms with Crippen molar-refractivity contribution in [3.63, 3.8) is 0 Å². The Kier molecular flexibility index (Phi) is 5.30. The van der Waals surface area contributed by atoms with E-state index in [2.05, 4.69) is 68.3 Å². The number of hydrogen-bond donors (Lipinski definition) is 1. The summed E-state index contributed by atoms with van der Waals surface area (Å²) in [6.07, 6.45) is 0.895. The Morgan fingerprint density at radius 1 is 1.00 bits per heavy atom. The topological polar surface area (TPSA) is 26.0 Å². The molecule has 2 N–H and O–H groups in total. The molecular formula is C14H13Br2NS. The maximum absolute atomic E-state index is 5.67. The molecule has 2 aromatic carbocycles. The molecule has 0 spiro atoms. The molecule has 1 nitrogen and oxygen atoms in total. The number of benzene rings is 2. The van der Waals surface area contributed by atoms with Crippen molar-refractivity contribution in [2.75, 3.05) is 6.54 Å². The monoisotopic (exact) mass is 385 g/mol. The Hall–Kier alpha value is -0.290. The van der Waals surface area contributed by atoms with E-state index in [1.165, 1.54) is 15.4 Å². The lowest BCUT2D eigenvalue weighted by atomic mass is 10.1. The highest BCUT2D eigenvalue weighted by Gasteiger charge is 2.07. The van der Waals surface area contributed by atoms with Gasteiger partial charge in [-0.1, -0.05) is 39.8 Å². The van der Waals surface area contributed by atoms with Crippen LogP contribution in [0.4, 0.5) is 0 Å². The minimum Gasteiger partial charge on any atom is -0.330 e. The molecule has 0 bridgehead atoms. The van der Waals surface area contributed by atoms with Gasteiger partial charge in [-0.15, -0.1) is 0 Å². The Morgan fingerprint density at radius 2 is 1.78 bits per heavy atom. The van der Waals surface area contributed by atoms with Crippen LogP contribution in [0.3, 0.4) is 0 Å². The minimum atomic E-state index is 0.667. The minimum absolute atomic E-state index is 0.667. The molecule has 0 aliphatic heterocycles. The third-order valence-electron chi connectivity index (χ3n) is 2.49. The third kappa shape index (κ3) is 3.60. The van der Waals surface area contributed by atoms with E-state index in [1.54, 1.807) is 11.8 Å². The van der Waals surface area contributed by atoms with Crippen molar-refractivity contribution in [2.24, 2.45) is 5.73 Å². The summed E-state index contributed by atoms with van der Waals surface area (Å²) in [5, 5.41) is 0. The molecule has 0 fully saturated rings. The molecule has 4 heteroatoms. The summed E-state index contributed by atoms with van der Waals surface area (Å²) in [5.41, 5.74) is 6.95. The van der Waals surface area contributed by atoms with Crippen molar-refractivity contribution < 1.29 is 0 Å². The quantitative estimate of drug-likeness (QED) is 0.811. The molecule has 0 heterocycles. The van der Waals surface area contributed by atoms with Gasteiger partial charge in [-0.2, -0.15) is 0 Å². The van der Waals surface area contributed by atoms with Crippen LogP contribution in [0.2, 0.25) is 0 Å². The molecule has 0 aliphatic carbocycles. The van der Waals surface area contributed by atoms with Gasteiger partial charge in [0.25, 0.3) is 0 Å². The van der Waals surface area contributed by atoms with E-state index in [4.69, 9.17) is 5.73 Å². The molecule has 94 valence electrons. The first-order valence-electron chi connectivity index (χ1n) is 5.61. The lowest BCUT2D eigenvalue weighted by molar-refractivity contribution is 0.943. The second-order valence-electron chi connectivity index (χ2n) is 3.82. The van der Waals surface area contributed by atoms with Gasteiger partial charge in [0.2, 0.25) is 0 Å². The highest BCUT2D eigenvalue weighted by atomic mass is 79.9. The first-order chi connectivity index (χ1) is 8.70. The first kappa shape index (κ1) is 14.1. The molecule has 0 unspecified atom stereocenters. The van der Waals surface area contributed by atoms with Crippen LogP contribution in [0.5, 0.6) is 0 Å². The Balaban J connectivity index is 2.31. The SMILES string of the molecule is NCCc1cc(Br)ccc1Sc1ccccc1Br. The van der Waals surface area contributed by atoms with Crippen molar-refractivity contribution in [3.8, 4) is 0 Å². The zero-order valence-corrected chi connectivity index (χ0v) is 13.7. The van der Waals surface area contributed by atoms with Crippen molar-refractivity contribution in [3.05, 3.63) is 57.0 Å². The average molecular weight is 387 g/mol. The number of nitrogens with two attached hydrogens (primary N) is 1. The standard InChI is InChI=1S/C14H13Br2NS/c15-11-5-6-13(10(9-11)7-8-17)18-14-4-2-1-3-12(14)16/h1-6,9H,7-8,17H2. The molecule has 0 aromatic heterocycles. The van der Waals surface area contributed by atoms with Crippen molar-refractivity contribution in [1.82, 2.24) is 0 Å². The van der Waals surface area contributed by atoms with E-state index in [0.29, 0.717) is 6.54 Å². The van der Waals surface area contributed by atoms with Gasteiger partial charge in [0.05, 0.1) is 0 Å². The summed E-state index contributed by atoms with van der Waals surface area (Å²) >= 11 is 8.85. The van der Waals surface area contributed by atoms with Crippen molar-refractivity contribution >= 4 is 43.6 Å². The molecule has 0 radical (unpaired) electrons. The van der Waals surface area contributed by atoms with Crippen molar-refractivity contribution in [2.45, 2.75) is 16.2 Å². The third-order valence-corrected chi connectivity index (χ3v) is 5.13. The fraction of sp³-hybridized carbons (Fsp3) is 0.143. The number of hydrogen-bond acceptors (Lipinski definition) is 2. The largest absolute Gasteiger partial charge is 0.330 e. The van der Waals surface area contributed by atoms with Gasteiger partial charge < -0.3 is 5.73 Å². The van der Waals surface area contributed by atoms with Gasteiger partial charge in [0.1, 0.15) is 0 Å². The second-order valence-corrected chi connectivity index (χ2v) is 6.68. The molecule has 2 aromatic rings. The van der Waals surface area contributed by atoms with Gasteiger partial charge in [0.15, 0.2) is 0 Å². The number of halogens is 2. The van der Waals surface area contributed by atoms with E-state index >= 15 is 0 Å². The second kappa shape index (κ2) is 6.75. The highest BCUT2D eigenvalue weighted by Crippen LogP contribution is 2.36. The molecule has 0 aliphatic rings. The molecule has 0 amide bonds. The lowest BCUT2D eigenvalue weighted by Crippen LogP contribution is -2.03. The van der Waals surface area contributed by atoms with Gasteiger partial charge in [0, 0.05) is 18.7 Å². The molecule has 2 rings (SSSR count). The summed E-state index contributed by atoms with van der Waals surface area (Å²) in [6, 6.07) is 14.6. The van der Waals surface area contributed by atoms with Crippen LogP contribution in [0.15, 0.2) is 61.2 Å². The molecule has 18 heavy (non-hydrogen) atoms. The molecular weight excluding hydrogens is 374 g/mol. The van der Waals surface area contributed by atoms with E-state index in [-0.39, 0.29) is 0 Å². The van der Waals surface area contributed by atoms with Crippen LogP contribution in [0.1, 0.15) is 5.56 Å². The summed E-state index contributed by atoms with van der Waals surface area (Å²) in [5.74, 6) is 0. The lowest BCUT2D eigenvalue weighted by Gasteiger charge is -2.10. The summed E-state index contributed by atoms with van der Waals surface area (Å²) in [4.78, 5) is 2.48. The van der Waals surface area contributed by atoms with Crippen LogP contribution in [0.25, 0.3) is 0 Å². The smallest absolute Gasteiger partial charge is 0.0314 e. The van der Waals surface area contributed by atoms with E-state index in [9.17, 15) is 0 Å². The normalized spacial score (nSPS) is 10.6. The van der Waals surface area contributed by atoms with Crippen LogP contribution in [-0.4, -0.2) is 6.54 Å². The van der Waals surface area contributed by atoms with Crippen LogP contribution in [0, 0.1) is 0 Å². The maximum atomic E-state index is 5.67. The molecule has 0 saturated carbocycles. The Bertz CT molecular complexity index is 543. The maximum Gasteiger partial charge on any atom is 0.0314 e. The summed E-state index contributed by atoms with van der Waals surface area (Å²) < 4.78 is 2.22. The van der Waals surface area contributed by atoms with E-state index in [1.807, 2.05) is 6.07 Å². The van der Waals surface area contributed by atoms with Crippen LogP contribution >= 0.6 is 43.6 Å². The van der Waals surface area contributed by atoms with E-state index in [0.717, 1.165) is 15.4 Å². The van der Waals surface area contributed by atoms with Crippen LogP contribution in [-0.2, 0) is 6.42 Å². The fourth-order valence-electron chi connectivity index (χ4n) is 1.64. The zero-order chi connectivity index (χ0) is 13.0. The van der Waals surface area contributed by atoms with Crippen molar-refractivity contribution in [1.29, 1.82) is 0 Å². The molecule has 0 atom stereocenters. The zero-order valence-electron chi connectivity index (χ0n) is 9.70. The Labute approximate surface area is 128 Å². The molecule has 0 saturated heterocycles. The van der Waals surface area contributed by atoms with Gasteiger partial charge in [-0.25, -0.2) is 0 Å². The first-order valence-corrected chi connectivity index (χ1v) is 8.02. The van der Waals surface area contributed by atoms with Gasteiger partial charge in [-0.05, 0) is 64.8 Å². The average Bonchev–Trinajstić information content (AvgIpc) is 2.35. The predicted molar refractivity (Wildman–Crippen MR) is 85.2 cm³/mol.